The second-order valence-corrected chi connectivity index (χ2v) is 9.28. The highest BCUT2D eigenvalue weighted by Crippen LogP contribution is 2.18. The van der Waals surface area contributed by atoms with Gasteiger partial charge in [-0.15, -0.1) is 0 Å². The molecule has 3 heterocycles. The molecule has 0 radical (unpaired) electrons. The molecule has 1 saturated heterocycles. The zero-order valence-corrected chi connectivity index (χ0v) is 20.7. The molecule has 0 saturated carbocycles. The van der Waals surface area contributed by atoms with Crippen LogP contribution in [0.3, 0.4) is 0 Å². The van der Waals surface area contributed by atoms with Crippen LogP contribution in [-0.4, -0.2) is 76.2 Å². The Labute approximate surface area is 206 Å². The summed E-state index contributed by atoms with van der Waals surface area (Å²) in [6, 6.07) is 9.73. The van der Waals surface area contributed by atoms with Crippen LogP contribution in [-0.2, 0) is 22.6 Å². The van der Waals surface area contributed by atoms with E-state index in [1.165, 1.54) is 0 Å². The standard InChI is InChI=1S/C26H35N5O4/c1-3-29(13-10-24(32)27-17-21-9-5-14-35-21)25(33)22-16-23-26(34)30(11-6-12-31(23)28-22)18-20-8-4-7-19(2)15-20/h4,7-8,15-16,21H,3,5-6,9-14,17-18H2,1-2H3,(H,27,32). The number of carbonyl (C=O) groups is 3. The summed E-state index contributed by atoms with van der Waals surface area (Å²) < 4.78 is 7.18. The minimum Gasteiger partial charge on any atom is -0.376 e. The van der Waals surface area contributed by atoms with E-state index in [1.807, 2.05) is 36.9 Å². The topological polar surface area (TPSA) is 96.8 Å². The number of aromatic nitrogens is 2. The first kappa shape index (κ1) is 24.9. The molecule has 0 bridgehead atoms. The molecule has 188 valence electrons. The van der Waals surface area contributed by atoms with Crippen molar-refractivity contribution in [3.05, 3.63) is 52.8 Å². The van der Waals surface area contributed by atoms with Gasteiger partial charge in [0.1, 0.15) is 5.69 Å². The molecule has 3 amide bonds. The van der Waals surface area contributed by atoms with E-state index < -0.39 is 0 Å². The van der Waals surface area contributed by atoms with E-state index in [-0.39, 0.29) is 35.9 Å². The molecular formula is C26H35N5O4. The van der Waals surface area contributed by atoms with Crippen molar-refractivity contribution < 1.29 is 19.1 Å². The summed E-state index contributed by atoms with van der Waals surface area (Å²) >= 11 is 0. The molecule has 9 heteroatoms. The number of nitrogens with zero attached hydrogens (tertiary/aromatic N) is 4. The van der Waals surface area contributed by atoms with Crippen molar-refractivity contribution in [1.29, 1.82) is 0 Å². The summed E-state index contributed by atoms with van der Waals surface area (Å²) in [6.45, 7) is 7.66. The van der Waals surface area contributed by atoms with Gasteiger partial charge in [0.15, 0.2) is 5.69 Å². The van der Waals surface area contributed by atoms with Crippen LogP contribution in [0.2, 0.25) is 0 Å². The predicted molar refractivity (Wildman–Crippen MR) is 131 cm³/mol. The molecule has 1 aromatic carbocycles. The molecule has 1 atom stereocenters. The summed E-state index contributed by atoms with van der Waals surface area (Å²) in [6.07, 6.45) is 3.06. The number of hydrogen-bond donors (Lipinski definition) is 1. The highest BCUT2D eigenvalue weighted by Gasteiger charge is 2.28. The maximum Gasteiger partial charge on any atom is 0.274 e. The minimum atomic E-state index is -0.266. The summed E-state index contributed by atoms with van der Waals surface area (Å²) in [5.74, 6) is -0.487. The monoisotopic (exact) mass is 481 g/mol. The van der Waals surface area contributed by atoms with Gasteiger partial charge >= 0.3 is 0 Å². The summed E-state index contributed by atoms with van der Waals surface area (Å²) in [5.41, 5.74) is 2.91. The SMILES string of the molecule is CCN(CCC(=O)NCC1CCCO1)C(=O)c1cc2n(n1)CCCN(Cc1cccc(C)c1)C2=O. The van der Waals surface area contributed by atoms with Crippen molar-refractivity contribution in [2.45, 2.75) is 58.7 Å². The second-order valence-electron chi connectivity index (χ2n) is 9.28. The van der Waals surface area contributed by atoms with Crippen LogP contribution < -0.4 is 5.32 Å². The van der Waals surface area contributed by atoms with Crippen LogP contribution in [0.4, 0.5) is 0 Å². The Morgan fingerprint density at radius 3 is 2.83 bits per heavy atom. The van der Waals surface area contributed by atoms with Crippen molar-refractivity contribution in [3.63, 3.8) is 0 Å². The zero-order valence-electron chi connectivity index (χ0n) is 20.7. The van der Waals surface area contributed by atoms with E-state index in [2.05, 4.69) is 16.5 Å². The highest BCUT2D eigenvalue weighted by atomic mass is 16.5. The van der Waals surface area contributed by atoms with Gasteiger partial charge in [-0.1, -0.05) is 29.8 Å². The van der Waals surface area contributed by atoms with Gasteiger partial charge in [0, 0.05) is 58.4 Å². The first-order valence-electron chi connectivity index (χ1n) is 12.5. The average molecular weight is 482 g/mol. The van der Waals surface area contributed by atoms with Gasteiger partial charge in [-0.2, -0.15) is 5.10 Å². The van der Waals surface area contributed by atoms with Gasteiger partial charge < -0.3 is 19.9 Å². The minimum absolute atomic E-state index is 0.0897. The third kappa shape index (κ3) is 6.28. The number of hydrogen-bond acceptors (Lipinski definition) is 5. The molecular weight excluding hydrogens is 446 g/mol. The number of amides is 3. The normalized spacial score (nSPS) is 17.7. The third-order valence-corrected chi connectivity index (χ3v) is 6.59. The number of benzene rings is 1. The van der Waals surface area contributed by atoms with Gasteiger partial charge in [-0.05, 0) is 38.7 Å². The van der Waals surface area contributed by atoms with E-state index in [4.69, 9.17) is 4.74 Å². The summed E-state index contributed by atoms with van der Waals surface area (Å²) in [7, 11) is 0. The van der Waals surface area contributed by atoms with Crippen LogP contribution in [0.1, 0.15) is 64.7 Å². The molecule has 0 aliphatic carbocycles. The number of rotatable bonds is 9. The average Bonchev–Trinajstić information content (AvgIpc) is 3.50. The zero-order chi connectivity index (χ0) is 24.8. The molecule has 35 heavy (non-hydrogen) atoms. The van der Waals surface area contributed by atoms with Gasteiger partial charge in [0.2, 0.25) is 5.91 Å². The Morgan fingerprint density at radius 1 is 1.23 bits per heavy atom. The van der Waals surface area contributed by atoms with Crippen molar-refractivity contribution >= 4 is 17.7 Å². The van der Waals surface area contributed by atoms with E-state index >= 15 is 0 Å². The van der Waals surface area contributed by atoms with Crippen molar-refractivity contribution in [1.82, 2.24) is 24.9 Å². The number of aryl methyl sites for hydroxylation is 2. The number of fused-ring (bicyclic) bond motifs is 1. The lowest BCUT2D eigenvalue weighted by Gasteiger charge is -2.21. The maximum absolute atomic E-state index is 13.3. The largest absolute Gasteiger partial charge is 0.376 e. The highest BCUT2D eigenvalue weighted by molar-refractivity contribution is 5.98. The Bertz CT molecular complexity index is 1060. The van der Waals surface area contributed by atoms with Gasteiger partial charge in [-0.25, -0.2) is 0 Å². The fourth-order valence-electron chi connectivity index (χ4n) is 4.64. The van der Waals surface area contributed by atoms with E-state index in [1.54, 1.807) is 15.6 Å². The van der Waals surface area contributed by atoms with E-state index in [9.17, 15) is 14.4 Å². The summed E-state index contributed by atoms with van der Waals surface area (Å²) in [5, 5.41) is 7.35. The molecule has 2 aliphatic rings. The second kappa shape index (κ2) is 11.5. The lowest BCUT2D eigenvalue weighted by Crippen LogP contribution is -2.37. The molecule has 1 fully saturated rings. The summed E-state index contributed by atoms with van der Waals surface area (Å²) in [4.78, 5) is 42.1. The van der Waals surface area contributed by atoms with Crippen molar-refractivity contribution in [2.24, 2.45) is 0 Å². The number of nitrogens with one attached hydrogen (secondary N) is 1. The van der Waals surface area contributed by atoms with Crippen LogP contribution >= 0.6 is 0 Å². The molecule has 1 N–H and O–H groups in total. The Balaban J connectivity index is 1.37. The van der Waals surface area contributed by atoms with Gasteiger partial charge in [0.25, 0.3) is 11.8 Å². The number of carbonyl (C=O) groups excluding carboxylic acids is 3. The lowest BCUT2D eigenvalue weighted by atomic mass is 10.1. The number of ether oxygens (including phenoxy) is 1. The van der Waals surface area contributed by atoms with Crippen LogP contribution in [0, 0.1) is 6.92 Å². The Morgan fingerprint density at radius 2 is 2.09 bits per heavy atom. The fraction of sp³-hybridized carbons (Fsp3) is 0.538. The Hall–Kier alpha value is -3.20. The molecule has 4 rings (SSSR count). The van der Waals surface area contributed by atoms with Crippen LogP contribution in [0.5, 0.6) is 0 Å². The quantitative estimate of drug-likeness (QED) is 0.593. The van der Waals surface area contributed by atoms with Crippen molar-refractivity contribution in [3.8, 4) is 0 Å². The molecule has 2 aromatic rings. The fourth-order valence-corrected chi connectivity index (χ4v) is 4.64. The first-order valence-corrected chi connectivity index (χ1v) is 12.5. The Kier molecular flexibility index (Phi) is 8.17. The third-order valence-electron chi connectivity index (χ3n) is 6.59. The van der Waals surface area contributed by atoms with E-state index in [0.29, 0.717) is 45.0 Å². The molecule has 9 nitrogen and oxygen atoms in total. The van der Waals surface area contributed by atoms with Crippen LogP contribution in [0.15, 0.2) is 30.3 Å². The van der Waals surface area contributed by atoms with Crippen LogP contribution in [0.25, 0.3) is 0 Å². The molecule has 1 unspecified atom stereocenters. The van der Waals surface area contributed by atoms with Gasteiger partial charge in [0.05, 0.1) is 6.10 Å². The van der Waals surface area contributed by atoms with Gasteiger partial charge in [-0.3, -0.25) is 19.1 Å². The lowest BCUT2D eigenvalue weighted by molar-refractivity contribution is -0.121. The smallest absolute Gasteiger partial charge is 0.274 e. The first-order chi connectivity index (χ1) is 16.9. The van der Waals surface area contributed by atoms with Crippen molar-refractivity contribution in [2.75, 3.05) is 32.8 Å². The maximum atomic E-state index is 13.3. The predicted octanol–water partition coefficient (Wildman–Crippen LogP) is 2.39. The molecule has 1 aromatic heterocycles. The molecule has 0 spiro atoms. The van der Waals surface area contributed by atoms with E-state index in [0.717, 1.165) is 37.0 Å². The molecule has 2 aliphatic heterocycles.